The molecule has 2 saturated carbocycles. The Morgan fingerprint density at radius 2 is 0.900 bits per heavy atom. The lowest BCUT2D eigenvalue weighted by Gasteiger charge is -2.37. The zero-order valence-electron chi connectivity index (χ0n) is 18.6. The lowest BCUT2D eigenvalue weighted by molar-refractivity contribution is 0.254. The van der Waals surface area contributed by atoms with Gasteiger partial charge in [-0.15, -0.1) is 0 Å². The first kappa shape index (κ1) is 21.6. The van der Waals surface area contributed by atoms with Crippen LogP contribution in [0.15, 0.2) is 60.7 Å². The molecule has 0 unspecified atom stereocenters. The van der Waals surface area contributed by atoms with Crippen molar-refractivity contribution in [3.63, 3.8) is 0 Å². The fourth-order valence-corrected chi connectivity index (χ4v) is 5.51. The zero-order chi connectivity index (χ0) is 20.4. The van der Waals surface area contributed by atoms with Gasteiger partial charge in [0.05, 0.1) is 0 Å². The van der Waals surface area contributed by atoms with E-state index in [9.17, 15) is 0 Å². The van der Waals surface area contributed by atoms with Crippen LogP contribution in [0.3, 0.4) is 0 Å². The van der Waals surface area contributed by atoms with Crippen molar-refractivity contribution < 1.29 is 0 Å². The van der Waals surface area contributed by atoms with E-state index in [-0.39, 0.29) is 0 Å². The Bertz CT molecular complexity index is 638. The highest BCUT2D eigenvalue weighted by atomic mass is 15.1. The van der Waals surface area contributed by atoms with Crippen molar-refractivity contribution in [3.8, 4) is 0 Å². The van der Waals surface area contributed by atoms with E-state index < -0.39 is 0 Å². The maximum Gasteiger partial charge on any atom is 0.0267 e. The quantitative estimate of drug-likeness (QED) is 0.531. The molecule has 2 fully saturated rings. The highest BCUT2D eigenvalue weighted by molar-refractivity contribution is 5.20. The predicted octanol–water partition coefficient (Wildman–Crippen LogP) is 6.05. The number of hydrogen-bond donors (Lipinski definition) is 2. The summed E-state index contributed by atoms with van der Waals surface area (Å²) < 4.78 is 0. The van der Waals surface area contributed by atoms with E-state index in [2.05, 4.69) is 71.3 Å². The van der Waals surface area contributed by atoms with E-state index in [0.29, 0.717) is 24.2 Å². The summed E-state index contributed by atoms with van der Waals surface area (Å²) >= 11 is 0. The van der Waals surface area contributed by atoms with Crippen LogP contribution in [0.25, 0.3) is 0 Å². The summed E-state index contributed by atoms with van der Waals surface area (Å²) in [5.74, 6) is 0. The van der Waals surface area contributed by atoms with Gasteiger partial charge in [-0.3, -0.25) is 0 Å². The van der Waals surface area contributed by atoms with E-state index in [1.54, 1.807) is 0 Å². The molecule has 2 aliphatic carbocycles. The van der Waals surface area contributed by atoms with Crippen LogP contribution in [0.1, 0.15) is 75.3 Å². The molecule has 2 aromatic rings. The predicted molar refractivity (Wildman–Crippen MR) is 128 cm³/mol. The van der Waals surface area contributed by atoms with Crippen molar-refractivity contribution in [2.75, 3.05) is 0 Å². The molecule has 162 valence electrons. The first-order valence-electron chi connectivity index (χ1n) is 12.5. The molecule has 0 heterocycles. The summed E-state index contributed by atoms with van der Waals surface area (Å²) in [6, 6.07) is 24.5. The molecule has 2 aliphatic rings. The van der Waals surface area contributed by atoms with Crippen LogP contribution in [-0.2, 0) is 12.8 Å². The van der Waals surface area contributed by atoms with Gasteiger partial charge in [0, 0.05) is 24.2 Å². The average Bonchev–Trinajstić information content (AvgIpc) is 2.81. The van der Waals surface area contributed by atoms with E-state index in [1.807, 2.05) is 0 Å². The topological polar surface area (TPSA) is 24.1 Å². The first-order valence-corrected chi connectivity index (χ1v) is 12.5. The summed E-state index contributed by atoms with van der Waals surface area (Å²) in [6.45, 7) is 0. The number of hydrogen-bond acceptors (Lipinski definition) is 2. The molecule has 30 heavy (non-hydrogen) atoms. The van der Waals surface area contributed by atoms with Crippen LogP contribution in [0.2, 0.25) is 0 Å². The van der Waals surface area contributed by atoms with Gasteiger partial charge >= 0.3 is 0 Å². The van der Waals surface area contributed by atoms with Crippen molar-refractivity contribution in [1.29, 1.82) is 0 Å². The molecule has 0 radical (unpaired) electrons. The van der Waals surface area contributed by atoms with Gasteiger partial charge in [0.25, 0.3) is 0 Å². The Labute approximate surface area is 183 Å². The van der Waals surface area contributed by atoms with Gasteiger partial charge in [-0.25, -0.2) is 0 Å². The molecule has 2 aromatic carbocycles. The van der Waals surface area contributed by atoms with Crippen LogP contribution in [0.4, 0.5) is 0 Å². The highest BCUT2D eigenvalue weighted by Crippen LogP contribution is 2.23. The first-order chi connectivity index (χ1) is 14.9. The normalized spacial score (nSPS) is 20.7. The largest absolute Gasteiger partial charge is 0.309 e. The lowest BCUT2D eigenvalue weighted by Crippen LogP contribution is -2.56. The lowest BCUT2D eigenvalue weighted by atomic mass is 9.88. The molecule has 2 heteroatoms. The summed E-state index contributed by atoms with van der Waals surface area (Å²) in [7, 11) is 0. The van der Waals surface area contributed by atoms with Gasteiger partial charge in [-0.2, -0.15) is 0 Å². The van der Waals surface area contributed by atoms with Crippen molar-refractivity contribution in [2.45, 2.75) is 101 Å². The van der Waals surface area contributed by atoms with Gasteiger partial charge in [-0.05, 0) is 49.7 Å². The molecule has 2 nitrogen and oxygen atoms in total. The van der Waals surface area contributed by atoms with Crippen LogP contribution in [0.5, 0.6) is 0 Å². The minimum Gasteiger partial charge on any atom is -0.309 e. The minimum atomic E-state index is 0.470. The number of benzene rings is 2. The summed E-state index contributed by atoms with van der Waals surface area (Å²) in [6.07, 6.45) is 15.9. The standard InChI is InChI=1S/C28H40N2/c1-5-13-23(14-6-1)21-27(29-25-17-9-3-10-18-25)28(22-24-15-7-2-8-16-24)30-26-19-11-4-12-20-26/h1-2,5-8,13-16,25-30H,3-4,9-12,17-22H2/t27-,28-/m0/s1. The van der Waals surface area contributed by atoms with Crippen molar-refractivity contribution in [1.82, 2.24) is 10.6 Å². The third kappa shape index (κ3) is 6.68. The van der Waals surface area contributed by atoms with Crippen LogP contribution in [-0.4, -0.2) is 24.2 Å². The third-order valence-corrected chi connectivity index (χ3v) is 7.19. The molecule has 0 spiro atoms. The maximum absolute atomic E-state index is 4.15. The fourth-order valence-electron chi connectivity index (χ4n) is 5.51. The average molecular weight is 405 g/mol. The highest BCUT2D eigenvalue weighted by Gasteiger charge is 2.28. The molecule has 0 aromatic heterocycles. The molecule has 2 N–H and O–H groups in total. The van der Waals surface area contributed by atoms with Crippen molar-refractivity contribution >= 4 is 0 Å². The monoisotopic (exact) mass is 404 g/mol. The Morgan fingerprint density at radius 1 is 0.533 bits per heavy atom. The molecule has 0 amide bonds. The second kappa shape index (κ2) is 11.7. The second-order valence-corrected chi connectivity index (χ2v) is 9.60. The molecule has 0 aliphatic heterocycles. The Hall–Kier alpha value is -1.64. The minimum absolute atomic E-state index is 0.470. The van der Waals surface area contributed by atoms with Gasteiger partial charge in [0.2, 0.25) is 0 Å². The van der Waals surface area contributed by atoms with Gasteiger partial charge in [-0.1, -0.05) is 99.2 Å². The SMILES string of the molecule is c1ccc(C[C@H](NC2CCCCC2)[C@H](Cc2ccccc2)NC2CCCCC2)cc1. The van der Waals surface area contributed by atoms with Gasteiger partial charge < -0.3 is 10.6 Å². The second-order valence-electron chi connectivity index (χ2n) is 9.60. The Morgan fingerprint density at radius 3 is 1.27 bits per heavy atom. The van der Waals surface area contributed by atoms with E-state index >= 15 is 0 Å². The fraction of sp³-hybridized carbons (Fsp3) is 0.571. The van der Waals surface area contributed by atoms with Crippen LogP contribution >= 0.6 is 0 Å². The van der Waals surface area contributed by atoms with Crippen molar-refractivity contribution in [2.24, 2.45) is 0 Å². The van der Waals surface area contributed by atoms with Gasteiger partial charge in [0.15, 0.2) is 0 Å². The maximum atomic E-state index is 4.15. The van der Waals surface area contributed by atoms with Crippen molar-refractivity contribution in [3.05, 3.63) is 71.8 Å². The third-order valence-electron chi connectivity index (χ3n) is 7.19. The Kier molecular flexibility index (Phi) is 8.40. The van der Waals surface area contributed by atoms with Crippen LogP contribution < -0.4 is 10.6 Å². The number of rotatable bonds is 9. The van der Waals surface area contributed by atoms with Crippen LogP contribution in [0, 0.1) is 0 Å². The van der Waals surface area contributed by atoms with E-state index in [4.69, 9.17) is 0 Å². The molecule has 4 rings (SSSR count). The molecule has 0 saturated heterocycles. The van der Waals surface area contributed by atoms with E-state index in [0.717, 1.165) is 12.8 Å². The van der Waals surface area contributed by atoms with E-state index in [1.165, 1.54) is 75.3 Å². The molecular formula is C28H40N2. The molecule has 2 atom stereocenters. The Balaban J connectivity index is 1.53. The molecule has 0 bridgehead atoms. The van der Waals surface area contributed by atoms with Gasteiger partial charge in [0.1, 0.15) is 0 Å². The smallest absolute Gasteiger partial charge is 0.0267 e. The zero-order valence-corrected chi connectivity index (χ0v) is 18.6. The summed E-state index contributed by atoms with van der Waals surface area (Å²) in [5, 5.41) is 8.30. The summed E-state index contributed by atoms with van der Waals surface area (Å²) in [4.78, 5) is 0. The summed E-state index contributed by atoms with van der Waals surface area (Å²) in [5.41, 5.74) is 2.91. The number of nitrogens with one attached hydrogen (secondary N) is 2. The molecular weight excluding hydrogens is 364 g/mol.